The summed E-state index contributed by atoms with van der Waals surface area (Å²) in [5, 5.41) is 0. The summed E-state index contributed by atoms with van der Waals surface area (Å²) in [7, 11) is 2.27. The van der Waals surface area contributed by atoms with Crippen molar-refractivity contribution >= 4 is 0 Å². The molecule has 144 valence electrons. The largest absolute Gasteiger partial charge is 0.306 e. The van der Waals surface area contributed by atoms with E-state index in [1.165, 1.54) is 56.4 Å². The summed E-state index contributed by atoms with van der Waals surface area (Å²) in [5.74, 6) is 3.00. The number of benzene rings is 2. The molecule has 0 bridgehead atoms. The zero-order valence-electron chi connectivity index (χ0n) is 16.8. The van der Waals surface area contributed by atoms with Gasteiger partial charge in [0, 0.05) is 13.1 Å². The number of rotatable bonds is 8. The molecule has 0 unspecified atom stereocenters. The van der Waals surface area contributed by atoms with Crippen molar-refractivity contribution in [2.24, 2.45) is 17.8 Å². The van der Waals surface area contributed by atoms with Gasteiger partial charge in [-0.3, -0.25) is 4.90 Å². The number of piperidine rings is 1. The van der Waals surface area contributed by atoms with Crippen molar-refractivity contribution in [3.05, 3.63) is 71.8 Å². The van der Waals surface area contributed by atoms with Crippen molar-refractivity contribution in [3.63, 3.8) is 0 Å². The Labute approximate surface area is 165 Å². The maximum Gasteiger partial charge on any atom is 0.0237 e. The zero-order chi connectivity index (χ0) is 18.5. The highest BCUT2D eigenvalue weighted by Gasteiger charge is 2.42. The molecule has 2 aliphatic rings. The second kappa shape index (κ2) is 9.03. The maximum absolute atomic E-state index is 2.65. The molecule has 2 nitrogen and oxygen atoms in total. The quantitative estimate of drug-likeness (QED) is 0.648. The molecule has 4 rings (SSSR count). The second-order valence-electron chi connectivity index (χ2n) is 8.77. The van der Waals surface area contributed by atoms with Crippen molar-refractivity contribution in [3.8, 4) is 0 Å². The van der Waals surface area contributed by atoms with Gasteiger partial charge in [0.2, 0.25) is 0 Å². The van der Waals surface area contributed by atoms with Crippen LogP contribution in [0.25, 0.3) is 0 Å². The van der Waals surface area contributed by atoms with Gasteiger partial charge in [-0.2, -0.15) is 0 Å². The molecule has 1 heterocycles. The van der Waals surface area contributed by atoms with Crippen molar-refractivity contribution in [1.82, 2.24) is 9.80 Å². The first-order valence-electron chi connectivity index (χ1n) is 10.8. The summed E-state index contributed by atoms with van der Waals surface area (Å²) in [6, 6.07) is 21.9. The minimum absolute atomic E-state index is 0.979. The third-order valence-corrected chi connectivity index (χ3v) is 6.66. The lowest BCUT2D eigenvalue weighted by Gasteiger charge is -2.29. The van der Waals surface area contributed by atoms with Crippen LogP contribution in [0.5, 0.6) is 0 Å². The molecule has 2 atom stereocenters. The van der Waals surface area contributed by atoms with E-state index in [0.717, 1.165) is 30.8 Å². The van der Waals surface area contributed by atoms with E-state index >= 15 is 0 Å². The molecule has 27 heavy (non-hydrogen) atoms. The fourth-order valence-electron chi connectivity index (χ4n) is 4.88. The fourth-order valence-corrected chi connectivity index (χ4v) is 4.88. The Morgan fingerprint density at radius 3 is 1.96 bits per heavy atom. The van der Waals surface area contributed by atoms with Crippen LogP contribution in [0, 0.1) is 17.8 Å². The van der Waals surface area contributed by atoms with Crippen LogP contribution >= 0.6 is 0 Å². The summed E-state index contributed by atoms with van der Waals surface area (Å²) in [6.07, 6.45) is 5.71. The summed E-state index contributed by atoms with van der Waals surface area (Å²) >= 11 is 0. The lowest BCUT2D eigenvalue weighted by atomic mass is 9.91. The van der Waals surface area contributed by atoms with E-state index in [4.69, 9.17) is 0 Å². The molecule has 0 radical (unpaired) electrons. The smallest absolute Gasteiger partial charge is 0.0237 e. The lowest BCUT2D eigenvalue weighted by Crippen LogP contribution is -2.31. The summed E-state index contributed by atoms with van der Waals surface area (Å²) < 4.78 is 0. The van der Waals surface area contributed by atoms with Crippen LogP contribution < -0.4 is 0 Å². The van der Waals surface area contributed by atoms with Gasteiger partial charge >= 0.3 is 0 Å². The molecular weight excluding hydrogens is 328 g/mol. The fraction of sp³-hybridized carbons (Fsp3) is 0.520. The van der Waals surface area contributed by atoms with E-state index in [1.54, 1.807) is 0 Å². The predicted octanol–water partition coefficient (Wildman–Crippen LogP) is 5.06. The third-order valence-electron chi connectivity index (χ3n) is 6.66. The number of hydrogen-bond donors (Lipinski definition) is 0. The SMILES string of the molecule is CN1CCC([C@H]2C[C@@H]2CCN(Cc2ccccc2)Cc2ccccc2)CC1. The topological polar surface area (TPSA) is 6.48 Å². The highest BCUT2D eigenvalue weighted by Crippen LogP contribution is 2.49. The van der Waals surface area contributed by atoms with E-state index in [-0.39, 0.29) is 0 Å². The average molecular weight is 363 g/mol. The van der Waals surface area contributed by atoms with Crippen LogP contribution in [0.2, 0.25) is 0 Å². The third kappa shape index (κ3) is 5.43. The van der Waals surface area contributed by atoms with Gasteiger partial charge in [0.05, 0.1) is 0 Å². The Morgan fingerprint density at radius 1 is 0.852 bits per heavy atom. The first kappa shape index (κ1) is 18.7. The minimum atomic E-state index is 0.979. The molecule has 2 aromatic carbocycles. The number of hydrogen-bond acceptors (Lipinski definition) is 2. The number of likely N-dealkylation sites (tertiary alicyclic amines) is 1. The van der Waals surface area contributed by atoms with Crippen LogP contribution in [0.3, 0.4) is 0 Å². The first-order chi connectivity index (χ1) is 13.3. The first-order valence-corrected chi connectivity index (χ1v) is 10.8. The van der Waals surface area contributed by atoms with Gasteiger partial charge in [-0.25, -0.2) is 0 Å². The van der Waals surface area contributed by atoms with Gasteiger partial charge in [-0.15, -0.1) is 0 Å². The van der Waals surface area contributed by atoms with Crippen LogP contribution in [0.15, 0.2) is 60.7 Å². The van der Waals surface area contributed by atoms with Crippen molar-refractivity contribution < 1.29 is 0 Å². The lowest BCUT2D eigenvalue weighted by molar-refractivity contribution is 0.194. The van der Waals surface area contributed by atoms with Crippen molar-refractivity contribution in [2.75, 3.05) is 26.7 Å². The van der Waals surface area contributed by atoms with E-state index in [1.807, 2.05) is 0 Å². The Morgan fingerprint density at radius 2 is 1.41 bits per heavy atom. The van der Waals surface area contributed by atoms with Gasteiger partial charge in [-0.1, -0.05) is 60.7 Å². The van der Waals surface area contributed by atoms with Crippen LogP contribution in [0.1, 0.15) is 36.8 Å². The predicted molar refractivity (Wildman–Crippen MR) is 113 cm³/mol. The van der Waals surface area contributed by atoms with Gasteiger partial charge in [-0.05, 0) is 81.2 Å². The molecule has 2 fully saturated rings. The molecule has 0 N–H and O–H groups in total. The molecule has 0 amide bonds. The van der Waals surface area contributed by atoms with Crippen molar-refractivity contribution in [1.29, 1.82) is 0 Å². The monoisotopic (exact) mass is 362 g/mol. The Hall–Kier alpha value is -1.64. The molecule has 1 aliphatic carbocycles. The van der Waals surface area contributed by atoms with Crippen molar-refractivity contribution in [2.45, 2.75) is 38.8 Å². The van der Waals surface area contributed by atoms with Crippen LogP contribution in [-0.2, 0) is 13.1 Å². The van der Waals surface area contributed by atoms with E-state index in [0.29, 0.717) is 0 Å². The Kier molecular flexibility index (Phi) is 6.26. The zero-order valence-corrected chi connectivity index (χ0v) is 16.8. The Balaban J connectivity index is 1.31. The molecule has 2 heteroatoms. The minimum Gasteiger partial charge on any atom is -0.306 e. The van der Waals surface area contributed by atoms with E-state index in [2.05, 4.69) is 77.5 Å². The van der Waals surface area contributed by atoms with Crippen LogP contribution in [-0.4, -0.2) is 36.5 Å². The molecule has 0 spiro atoms. The van der Waals surface area contributed by atoms with Gasteiger partial charge in [0.1, 0.15) is 0 Å². The van der Waals surface area contributed by atoms with Gasteiger partial charge in [0.25, 0.3) is 0 Å². The molecule has 0 aromatic heterocycles. The summed E-state index contributed by atoms with van der Waals surface area (Å²) in [6.45, 7) is 5.95. The molecule has 1 saturated carbocycles. The maximum atomic E-state index is 2.65. The van der Waals surface area contributed by atoms with E-state index < -0.39 is 0 Å². The molecular formula is C25H34N2. The van der Waals surface area contributed by atoms with Gasteiger partial charge in [0.15, 0.2) is 0 Å². The second-order valence-corrected chi connectivity index (χ2v) is 8.77. The normalized spacial score (nSPS) is 23.6. The Bertz CT molecular complexity index is 634. The van der Waals surface area contributed by atoms with Crippen LogP contribution in [0.4, 0.5) is 0 Å². The highest BCUT2D eigenvalue weighted by molar-refractivity contribution is 5.17. The standard InChI is InChI=1S/C25H34N2/c1-26-15-12-23(13-16-26)25-18-24(25)14-17-27(19-21-8-4-2-5-9-21)20-22-10-6-3-7-11-22/h2-11,23-25H,12-20H2,1H3/t24-,25+/m0/s1. The molecule has 1 saturated heterocycles. The van der Waals surface area contributed by atoms with Gasteiger partial charge < -0.3 is 4.90 Å². The summed E-state index contributed by atoms with van der Waals surface area (Å²) in [5.41, 5.74) is 2.85. The van der Waals surface area contributed by atoms with E-state index in [9.17, 15) is 0 Å². The average Bonchev–Trinajstić information content (AvgIpc) is 3.48. The highest BCUT2D eigenvalue weighted by atomic mass is 15.1. The summed E-state index contributed by atoms with van der Waals surface area (Å²) in [4.78, 5) is 5.14. The number of nitrogens with zero attached hydrogens (tertiary/aromatic N) is 2. The molecule has 2 aromatic rings. The molecule has 1 aliphatic heterocycles.